The molecular formula is C18H22N2O5S. The average molecular weight is 378 g/mol. The summed E-state index contributed by atoms with van der Waals surface area (Å²) in [7, 11) is -3.75. The Bertz CT molecular complexity index is 882. The Morgan fingerprint density at radius 1 is 1.27 bits per heavy atom. The number of aliphatic carboxylic acids is 1. The van der Waals surface area contributed by atoms with Gasteiger partial charge in [0.25, 0.3) is 0 Å². The summed E-state index contributed by atoms with van der Waals surface area (Å²) in [5.41, 5.74) is 0.531. The summed E-state index contributed by atoms with van der Waals surface area (Å²) >= 11 is 0. The maximum atomic E-state index is 13.1. The van der Waals surface area contributed by atoms with E-state index in [2.05, 4.69) is 5.32 Å². The fourth-order valence-corrected chi connectivity index (χ4v) is 6.24. The zero-order valence-corrected chi connectivity index (χ0v) is 15.2. The molecule has 140 valence electrons. The molecule has 2 aliphatic heterocycles. The number of carbonyl (C=O) groups excluding carboxylic acids is 1. The van der Waals surface area contributed by atoms with E-state index in [-0.39, 0.29) is 29.8 Å². The highest BCUT2D eigenvalue weighted by molar-refractivity contribution is 7.89. The number of aryl methyl sites for hydroxylation is 1. The van der Waals surface area contributed by atoms with Crippen LogP contribution in [0, 0.1) is 11.3 Å². The van der Waals surface area contributed by atoms with Gasteiger partial charge in [0.1, 0.15) is 0 Å². The van der Waals surface area contributed by atoms with Crippen molar-refractivity contribution in [1.29, 1.82) is 0 Å². The molecular weight excluding hydrogens is 356 g/mol. The fourth-order valence-electron chi connectivity index (χ4n) is 4.64. The zero-order valence-electron chi connectivity index (χ0n) is 14.4. The predicted octanol–water partition coefficient (Wildman–Crippen LogP) is 1.84. The summed E-state index contributed by atoms with van der Waals surface area (Å²) in [5, 5.41) is 12.5. The lowest BCUT2D eigenvalue weighted by atomic mass is 9.81. The molecule has 1 aromatic rings. The third kappa shape index (κ3) is 2.63. The Labute approximate surface area is 152 Å². The Balaban J connectivity index is 1.65. The van der Waals surface area contributed by atoms with E-state index in [1.54, 1.807) is 12.1 Å². The molecule has 2 heterocycles. The minimum absolute atomic E-state index is 0.0448. The SMILES string of the molecule is O=C1CCCc2cc(S(=O)(=O)N3C[C@@H]4CCC[C@@]4(C(=O)O)C3)ccc2N1. The number of nitrogens with one attached hydrogen (secondary N) is 1. The highest BCUT2D eigenvalue weighted by Gasteiger charge is 2.57. The lowest BCUT2D eigenvalue weighted by molar-refractivity contribution is -0.149. The Morgan fingerprint density at radius 2 is 2.08 bits per heavy atom. The Kier molecular flexibility index (Phi) is 4.07. The second-order valence-corrected chi connectivity index (χ2v) is 9.51. The molecule has 7 nitrogen and oxygen atoms in total. The number of carbonyl (C=O) groups is 2. The summed E-state index contributed by atoms with van der Waals surface area (Å²) in [6.45, 7) is 0.311. The van der Waals surface area contributed by atoms with Crippen molar-refractivity contribution in [2.75, 3.05) is 18.4 Å². The third-order valence-electron chi connectivity index (χ3n) is 6.10. The lowest BCUT2D eigenvalue weighted by Crippen LogP contribution is -2.37. The van der Waals surface area contributed by atoms with Crippen molar-refractivity contribution in [3.63, 3.8) is 0 Å². The van der Waals surface area contributed by atoms with Crippen LogP contribution in [0.15, 0.2) is 23.1 Å². The topological polar surface area (TPSA) is 104 Å². The number of anilines is 1. The molecule has 2 fully saturated rings. The molecule has 8 heteroatoms. The van der Waals surface area contributed by atoms with E-state index in [1.165, 1.54) is 10.4 Å². The molecule has 0 unspecified atom stereocenters. The smallest absolute Gasteiger partial charge is 0.311 e. The number of rotatable bonds is 3. The summed E-state index contributed by atoms with van der Waals surface area (Å²) in [4.78, 5) is 23.6. The minimum Gasteiger partial charge on any atom is -0.481 e. The van der Waals surface area contributed by atoms with Gasteiger partial charge in [0, 0.05) is 25.2 Å². The number of sulfonamides is 1. The van der Waals surface area contributed by atoms with Crippen LogP contribution >= 0.6 is 0 Å². The first-order valence-electron chi connectivity index (χ1n) is 8.99. The van der Waals surface area contributed by atoms with Crippen molar-refractivity contribution in [2.45, 2.75) is 43.4 Å². The zero-order chi connectivity index (χ0) is 18.5. The number of hydrogen-bond acceptors (Lipinski definition) is 4. The van der Waals surface area contributed by atoms with Gasteiger partial charge < -0.3 is 10.4 Å². The van der Waals surface area contributed by atoms with Gasteiger partial charge in [-0.25, -0.2) is 8.42 Å². The number of amides is 1. The van der Waals surface area contributed by atoms with Gasteiger partial charge in [0.15, 0.2) is 0 Å². The van der Waals surface area contributed by atoms with Gasteiger partial charge in [-0.15, -0.1) is 0 Å². The number of hydrogen-bond donors (Lipinski definition) is 2. The Morgan fingerprint density at radius 3 is 2.81 bits per heavy atom. The first-order valence-corrected chi connectivity index (χ1v) is 10.4. The standard InChI is InChI=1S/C18H22N2O5S/c21-16-5-1-3-12-9-14(6-7-15(12)19-16)26(24,25)20-10-13-4-2-8-18(13,11-20)17(22)23/h6-7,9,13H,1-5,8,10-11H2,(H,19,21)(H,22,23)/t13-,18+/m0/s1. The average Bonchev–Trinajstić information content (AvgIpc) is 3.09. The van der Waals surface area contributed by atoms with Crippen LogP contribution in [-0.4, -0.2) is 42.8 Å². The van der Waals surface area contributed by atoms with Crippen LogP contribution < -0.4 is 5.32 Å². The number of benzene rings is 1. The molecule has 1 saturated carbocycles. The van der Waals surface area contributed by atoms with Crippen LogP contribution in [0.25, 0.3) is 0 Å². The minimum atomic E-state index is -3.75. The van der Waals surface area contributed by atoms with E-state index >= 15 is 0 Å². The predicted molar refractivity (Wildman–Crippen MR) is 94.2 cm³/mol. The maximum absolute atomic E-state index is 13.1. The molecule has 1 saturated heterocycles. The summed E-state index contributed by atoms with van der Waals surface area (Å²) in [5.74, 6) is -1.06. The second-order valence-electron chi connectivity index (χ2n) is 7.57. The van der Waals surface area contributed by atoms with E-state index < -0.39 is 21.4 Å². The van der Waals surface area contributed by atoms with Crippen molar-refractivity contribution >= 4 is 27.6 Å². The van der Waals surface area contributed by atoms with E-state index in [1.807, 2.05) is 0 Å². The first kappa shape index (κ1) is 17.5. The monoisotopic (exact) mass is 378 g/mol. The van der Waals surface area contributed by atoms with Gasteiger partial charge in [-0.1, -0.05) is 6.42 Å². The van der Waals surface area contributed by atoms with Crippen molar-refractivity contribution < 1.29 is 23.1 Å². The molecule has 0 radical (unpaired) electrons. The molecule has 3 aliphatic rings. The fraction of sp³-hybridized carbons (Fsp3) is 0.556. The molecule has 1 aliphatic carbocycles. The van der Waals surface area contributed by atoms with Crippen LogP contribution in [-0.2, 0) is 26.0 Å². The quantitative estimate of drug-likeness (QED) is 0.835. The molecule has 0 aromatic heterocycles. The van der Waals surface area contributed by atoms with Crippen molar-refractivity contribution in [1.82, 2.24) is 4.31 Å². The van der Waals surface area contributed by atoms with Gasteiger partial charge in [-0.3, -0.25) is 9.59 Å². The van der Waals surface area contributed by atoms with Gasteiger partial charge in [-0.05, 0) is 55.4 Å². The van der Waals surface area contributed by atoms with Crippen molar-refractivity contribution in [3.8, 4) is 0 Å². The normalized spacial score (nSPS) is 28.9. The first-order chi connectivity index (χ1) is 12.3. The largest absolute Gasteiger partial charge is 0.481 e. The van der Waals surface area contributed by atoms with Crippen molar-refractivity contribution in [3.05, 3.63) is 23.8 Å². The maximum Gasteiger partial charge on any atom is 0.311 e. The van der Waals surface area contributed by atoms with E-state index in [0.29, 0.717) is 31.4 Å². The summed E-state index contributed by atoms with van der Waals surface area (Å²) in [6, 6.07) is 4.76. The molecule has 1 aromatic carbocycles. The van der Waals surface area contributed by atoms with Crippen LogP contribution in [0.2, 0.25) is 0 Å². The van der Waals surface area contributed by atoms with E-state index in [0.717, 1.165) is 18.4 Å². The summed E-state index contributed by atoms with van der Waals surface area (Å²) in [6.07, 6.45) is 3.87. The molecule has 2 N–H and O–H groups in total. The summed E-state index contributed by atoms with van der Waals surface area (Å²) < 4.78 is 27.6. The molecule has 1 amide bonds. The van der Waals surface area contributed by atoms with Crippen molar-refractivity contribution in [2.24, 2.45) is 11.3 Å². The molecule has 4 rings (SSSR count). The molecule has 0 bridgehead atoms. The number of carboxylic acids is 1. The molecule has 2 atom stereocenters. The Hall–Kier alpha value is -1.93. The van der Waals surface area contributed by atoms with Gasteiger partial charge >= 0.3 is 5.97 Å². The number of fused-ring (bicyclic) bond motifs is 2. The van der Waals surface area contributed by atoms with Gasteiger partial charge in [0.05, 0.1) is 10.3 Å². The van der Waals surface area contributed by atoms with E-state index in [9.17, 15) is 23.1 Å². The highest BCUT2D eigenvalue weighted by atomic mass is 32.2. The van der Waals surface area contributed by atoms with Crippen LogP contribution in [0.5, 0.6) is 0 Å². The van der Waals surface area contributed by atoms with Gasteiger partial charge in [-0.2, -0.15) is 4.31 Å². The van der Waals surface area contributed by atoms with Crippen LogP contribution in [0.3, 0.4) is 0 Å². The third-order valence-corrected chi connectivity index (χ3v) is 7.91. The van der Waals surface area contributed by atoms with E-state index in [4.69, 9.17) is 0 Å². The number of nitrogens with zero attached hydrogens (tertiary/aromatic N) is 1. The molecule has 26 heavy (non-hydrogen) atoms. The molecule has 0 spiro atoms. The number of carboxylic acid groups (broad SMARTS) is 1. The lowest BCUT2D eigenvalue weighted by Gasteiger charge is -2.23. The van der Waals surface area contributed by atoms with Crippen LogP contribution in [0.4, 0.5) is 5.69 Å². The van der Waals surface area contributed by atoms with Crippen LogP contribution in [0.1, 0.15) is 37.7 Å². The van der Waals surface area contributed by atoms with Gasteiger partial charge in [0.2, 0.25) is 15.9 Å². The highest BCUT2D eigenvalue weighted by Crippen LogP contribution is 2.50. The second kappa shape index (κ2) is 6.06.